The summed E-state index contributed by atoms with van der Waals surface area (Å²) in [6.45, 7) is 2.49. The summed E-state index contributed by atoms with van der Waals surface area (Å²) in [5.41, 5.74) is 8.38. The van der Waals surface area contributed by atoms with E-state index in [1.165, 1.54) is 0 Å². The number of carbonyl (C=O) groups is 1. The van der Waals surface area contributed by atoms with Crippen molar-refractivity contribution >= 4 is 11.6 Å². The van der Waals surface area contributed by atoms with E-state index in [9.17, 15) is 4.79 Å². The van der Waals surface area contributed by atoms with Gasteiger partial charge >= 0.3 is 0 Å². The molecule has 0 saturated heterocycles. The van der Waals surface area contributed by atoms with Crippen molar-refractivity contribution in [3.8, 4) is 5.75 Å². The third kappa shape index (κ3) is 4.33. The maximum Gasteiger partial charge on any atom is 0.262 e. The van der Waals surface area contributed by atoms with Gasteiger partial charge in [-0.25, -0.2) is 0 Å². The number of ether oxygens (including phenoxy) is 1. The first-order valence-electron chi connectivity index (χ1n) is 7.02. The van der Waals surface area contributed by atoms with Crippen LogP contribution in [0.2, 0.25) is 0 Å². The van der Waals surface area contributed by atoms with Crippen molar-refractivity contribution in [2.45, 2.75) is 19.9 Å². The topological polar surface area (TPSA) is 64.3 Å². The summed E-state index contributed by atoms with van der Waals surface area (Å²) in [7, 11) is 0. The molecule has 0 unspecified atom stereocenters. The molecule has 0 radical (unpaired) electrons. The Morgan fingerprint density at radius 1 is 1.19 bits per heavy atom. The second-order valence-electron chi connectivity index (χ2n) is 4.70. The van der Waals surface area contributed by atoms with E-state index in [2.05, 4.69) is 12.2 Å². The Balaban J connectivity index is 1.92. The van der Waals surface area contributed by atoms with E-state index in [1.807, 2.05) is 48.5 Å². The van der Waals surface area contributed by atoms with Crippen LogP contribution < -0.4 is 15.8 Å². The number of amides is 1. The van der Waals surface area contributed by atoms with Crippen LogP contribution in [-0.4, -0.2) is 12.5 Å². The van der Waals surface area contributed by atoms with Crippen molar-refractivity contribution in [1.29, 1.82) is 0 Å². The molecular formula is C17H20N2O2. The van der Waals surface area contributed by atoms with Crippen molar-refractivity contribution in [3.05, 3.63) is 59.7 Å². The maximum absolute atomic E-state index is 11.9. The Labute approximate surface area is 124 Å². The zero-order chi connectivity index (χ0) is 15.1. The number of anilines is 1. The van der Waals surface area contributed by atoms with Gasteiger partial charge in [-0.15, -0.1) is 0 Å². The minimum Gasteiger partial charge on any atom is -0.483 e. The fourth-order valence-corrected chi connectivity index (χ4v) is 2.05. The smallest absolute Gasteiger partial charge is 0.262 e. The minimum absolute atomic E-state index is 0.0101. The number of nitrogens with two attached hydrogens (primary N) is 1. The average Bonchev–Trinajstić information content (AvgIpc) is 2.53. The normalized spacial score (nSPS) is 10.2. The highest BCUT2D eigenvalue weighted by atomic mass is 16.5. The van der Waals surface area contributed by atoms with E-state index < -0.39 is 0 Å². The summed E-state index contributed by atoms with van der Waals surface area (Å²) >= 11 is 0. The van der Waals surface area contributed by atoms with Gasteiger partial charge in [-0.2, -0.15) is 0 Å². The van der Waals surface area contributed by atoms with Gasteiger partial charge in [0.05, 0.1) is 0 Å². The van der Waals surface area contributed by atoms with Crippen LogP contribution in [0.25, 0.3) is 0 Å². The first-order valence-corrected chi connectivity index (χ1v) is 7.02. The Morgan fingerprint density at radius 2 is 2.00 bits per heavy atom. The van der Waals surface area contributed by atoms with Crippen molar-refractivity contribution in [2.75, 3.05) is 11.9 Å². The fourth-order valence-electron chi connectivity index (χ4n) is 2.05. The molecule has 0 aliphatic carbocycles. The highest BCUT2D eigenvalue weighted by molar-refractivity contribution is 5.91. The fraction of sp³-hybridized carbons (Fsp3) is 0.235. The molecule has 0 heterocycles. The predicted molar refractivity (Wildman–Crippen MR) is 84.3 cm³/mol. The molecule has 110 valence electrons. The van der Waals surface area contributed by atoms with Gasteiger partial charge in [-0.05, 0) is 35.7 Å². The lowest BCUT2D eigenvalue weighted by atomic mass is 10.1. The number of hydrogen-bond donors (Lipinski definition) is 2. The van der Waals surface area contributed by atoms with Crippen LogP contribution in [0.5, 0.6) is 5.75 Å². The summed E-state index contributed by atoms with van der Waals surface area (Å²) in [6.07, 6.45) is 0.871. The lowest BCUT2D eigenvalue weighted by Gasteiger charge is -2.11. The second kappa shape index (κ2) is 7.45. The highest BCUT2D eigenvalue weighted by Crippen LogP contribution is 2.18. The third-order valence-electron chi connectivity index (χ3n) is 3.16. The summed E-state index contributed by atoms with van der Waals surface area (Å²) in [4.78, 5) is 11.9. The molecule has 2 aromatic rings. The molecule has 2 rings (SSSR count). The lowest BCUT2D eigenvalue weighted by molar-refractivity contribution is -0.118. The number of para-hydroxylation sites is 1. The van der Waals surface area contributed by atoms with Crippen molar-refractivity contribution in [1.82, 2.24) is 0 Å². The SMILES string of the molecule is CCc1ccccc1OCC(=O)Nc1cccc(CN)c1. The summed E-state index contributed by atoms with van der Waals surface area (Å²) in [5, 5.41) is 2.80. The number of rotatable bonds is 6. The van der Waals surface area contributed by atoms with Crippen LogP contribution in [0.1, 0.15) is 18.1 Å². The van der Waals surface area contributed by atoms with Gasteiger partial charge < -0.3 is 15.8 Å². The zero-order valence-corrected chi connectivity index (χ0v) is 12.1. The van der Waals surface area contributed by atoms with E-state index in [0.29, 0.717) is 6.54 Å². The Hall–Kier alpha value is -2.33. The molecule has 0 aromatic heterocycles. The largest absolute Gasteiger partial charge is 0.483 e. The van der Waals surface area contributed by atoms with Crippen LogP contribution in [0, 0.1) is 0 Å². The summed E-state index contributed by atoms with van der Waals surface area (Å²) in [5.74, 6) is 0.570. The Kier molecular flexibility index (Phi) is 5.35. The standard InChI is InChI=1S/C17H20N2O2/c1-2-14-7-3-4-9-16(14)21-12-17(20)19-15-8-5-6-13(10-15)11-18/h3-10H,2,11-12,18H2,1H3,(H,19,20). The van der Waals surface area contributed by atoms with E-state index in [1.54, 1.807) is 0 Å². The van der Waals surface area contributed by atoms with E-state index >= 15 is 0 Å². The molecule has 0 aliphatic heterocycles. The molecule has 0 fully saturated rings. The quantitative estimate of drug-likeness (QED) is 0.857. The van der Waals surface area contributed by atoms with Gasteiger partial charge in [0.25, 0.3) is 5.91 Å². The molecule has 0 aliphatic rings. The number of benzene rings is 2. The van der Waals surface area contributed by atoms with Gasteiger partial charge in [-0.1, -0.05) is 37.3 Å². The van der Waals surface area contributed by atoms with Gasteiger partial charge in [0.2, 0.25) is 0 Å². The molecule has 2 aromatic carbocycles. The van der Waals surface area contributed by atoms with Crippen LogP contribution >= 0.6 is 0 Å². The van der Waals surface area contributed by atoms with Gasteiger partial charge in [0, 0.05) is 12.2 Å². The lowest BCUT2D eigenvalue weighted by Crippen LogP contribution is -2.20. The average molecular weight is 284 g/mol. The van der Waals surface area contributed by atoms with Gasteiger partial charge in [0.15, 0.2) is 6.61 Å². The first-order chi connectivity index (χ1) is 10.2. The Bertz CT molecular complexity index is 611. The zero-order valence-electron chi connectivity index (χ0n) is 12.1. The van der Waals surface area contributed by atoms with Crippen LogP contribution in [0.3, 0.4) is 0 Å². The van der Waals surface area contributed by atoms with Crippen LogP contribution in [-0.2, 0) is 17.8 Å². The van der Waals surface area contributed by atoms with E-state index in [-0.39, 0.29) is 12.5 Å². The van der Waals surface area contributed by atoms with Crippen molar-refractivity contribution in [3.63, 3.8) is 0 Å². The molecule has 0 atom stereocenters. The van der Waals surface area contributed by atoms with Gasteiger partial charge in [-0.3, -0.25) is 4.79 Å². The van der Waals surface area contributed by atoms with Crippen molar-refractivity contribution < 1.29 is 9.53 Å². The first kappa shape index (κ1) is 15.1. The Morgan fingerprint density at radius 3 is 2.76 bits per heavy atom. The predicted octanol–water partition coefficient (Wildman–Crippen LogP) is 2.73. The number of hydrogen-bond acceptors (Lipinski definition) is 3. The van der Waals surface area contributed by atoms with E-state index in [4.69, 9.17) is 10.5 Å². The molecule has 4 heteroatoms. The molecule has 4 nitrogen and oxygen atoms in total. The number of carbonyl (C=O) groups excluding carboxylic acids is 1. The van der Waals surface area contributed by atoms with Crippen LogP contribution in [0.15, 0.2) is 48.5 Å². The number of aryl methyl sites for hydroxylation is 1. The van der Waals surface area contributed by atoms with Gasteiger partial charge in [0.1, 0.15) is 5.75 Å². The molecule has 1 amide bonds. The molecule has 3 N–H and O–H groups in total. The molecule has 0 spiro atoms. The molecule has 21 heavy (non-hydrogen) atoms. The minimum atomic E-state index is -0.185. The maximum atomic E-state index is 11.9. The third-order valence-corrected chi connectivity index (χ3v) is 3.16. The second-order valence-corrected chi connectivity index (χ2v) is 4.70. The molecular weight excluding hydrogens is 264 g/mol. The molecule has 0 bridgehead atoms. The molecule has 0 saturated carbocycles. The summed E-state index contributed by atoms with van der Waals surface area (Å²) in [6, 6.07) is 15.2. The van der Waals surface area contributed by atoms with Crippen LogP contribution in [0.4, 0.5) is 5.69 Å². The number of nitrogens with one attached hydrogen (secondary N) is 1. The van der Waals surface area contributed by atoms with Crippen molar-refractivity contribution in [2.24, 2.45) is 5.73 Å². The summed E-state index contributed by atoms with van der Waals surface area (Å²) < 4.78 is 5.58. The van der Waals surface area contributed by atoms with E-state index in [0.717, 1.165) is 29.0 Å². The highest BCUT2D eigenvalue weighted by Gasteiger charge is 2.06. The monoisotopic (exact) mass is 284 g/mol.